The summed E-state index contributed by atoms with van der Waals surface area (Å²) in [7, 11) is 1.59. The maximum Gasteiger partial charge on any atom is 0.316 e. The number of carbonyl (C=O) groups excluding carboxylic acids is 1. The van der Waals surface area contributed by atoms with Gasteiger partial charge in [0.1, 0.15) is 17.6 Å². The van der Waals surface area contributed by atoms with Gasteiger partial charge in [-0.1, -0.05) is 56.7 Å². The van der Waals surface area contributed by atoms with Gasteiger partial charge in [0.15, 0.2) is 5.79 Å². The third kappa shape index (κ3) is 6.81. The van der Waals surface area contributed by atoms with Crippen molar-refractivity contribution in [2.75, 3.05) is 13.7 Å². The Labute approximate surface area is 240 Å². The zero-order valence-corrected chi connectivity index (χ0v) is 25.2. The molecule has 9 atom stereocenters. The Kier molecular flexibility index (Phi) is 10.2. The molecule has 0 radical (unpaired) electrons. The van der Waals surface area contributed by atoms with Crippen molar-refractivity contribution in [3.05, 3.63) is 47.1 Å². The van der Waals surface area contributed by atoms with Gasteiger partial charge in [-0.05, 0) is 62.5 Å². The number of methoxy groups -OCH3 is 1. The highest BCUT2D eigenvalue weighted by atomic mass is 16.7. The molecule has 224 valence electrons. The first-order valence-electron chi connectivity index (χ1n) is 15.2. The minimum absolute atomic E-state index is 0.101. The van der Waals surface area contributed by atoms with E-state index in [1.54, 1.807) is 19.3 Å². The van der Waals surface area contributed by atoms with E-state index in [9.17, 15) is 15.0 Å². The molecule has 2 N–H and O–H groups in total. The van der Waals surface area contributed by atoms with Gasteiger partial charge in [-0.3, -0.25) is 4.79 Å². The molecule has 4 rings (SSSR count). The van der Waals surface area contributed by atoms with Crippen molar-refractivity contribution in [3.63, 3.8) is 0 Å². The van der Waals surface area contributed by atoms with Crippen LogP contribution in [0.25, 0.3) is 0 Å². The normalized spacial score (nSPS) is 44.9. The molecular weight excluding hydrogens is 508 g/mol. The summed E-state index contributed by atoms with van der Waals surface area (Å²) in [6.07, 6.45) is 14.3. The lowest BCUT2D eigenvalue weighted by Gasteiger charge is -2.50. The van der Waals surface area contributed by atoms with Crippen LogP contribution in [0.4, 0.5) is 0 Å². The van der Waals surface area contributed by atoms with Crippen molar-refractivity contribution in [1.29, 1.82) is 0 Å². The van der Waals surface area contributed by atoms with Crippen LogP contribution >= 0.6 is 0 Å². The zero-order chi connectivity index (χ0) is 29.1. The summed E-state index contributed by atoms with van der Waals surface area (Å²) in [5, 5.41) is 22.4. The van der Waals surface area contributed by atoms with Gasteiger partial charge in [0.05, 0.1) is 24.9 Å². The highest BCUT2D eigenvalue weighted by Gasteiger charge is 2.51. The highest BCUT2D eigenvalue weighted by Crippen LogP contribution is 2.45. The van der Waals surface area contributed by atoms with Gasteiger partial charge in [0, 0.05) is 32.8 Å². The van der Waals surface area contributed by atoms with E-state index in [0.717, 1.165) is 37.7 Å². The second-order valence-electron chi connectivity index (χ2n) is 12.7. The molecule has 0 aromatic carbocycles. The van der Waals surface area contributed by atoms with Crippen LogP contribution in [-0.2, 0) is 23.7 Å². The molecule has 1 spiro atoms. The average Bonchev–Trinajstić information content (AvgIpc) is 2.91. The molecule has 2 bridgehead atoms. The van der Waals surface area contributed by atoms with Gasteiger partial charge in [-0.15, -0.1) is 0 Å². The Morgan fingerprint density at radius 1 is 1.15 bits per heavy atom. The summed E-state index contributed by atoms with van der Waals surface area (Å²) in [6, 6.07) is 0. The number of ether oxygens (including phenoxy) is 4. The molecule has 4 aliphatic rings. The minimum Gasteiger partial charge on any atom is -0.462 e. The summed E-state index contributed by atoms with van der Waals surface area (Å²) in [5.74, 6) is -1.53. The summed E-state index contributed by atoms with van der Waals surface area (Å²) >= 11 is 0. The average molecular weight is 559 g/mol. The molecule has 0 aromatic rings. The lowest BCUT2D eigenvalue weighted by atomic mass is 9.71. The van der Waals surface area contributed by atoms with Gasteiger partial charge < -0.3 is 29.2 Å². The van der Waals surface area contributed by atoms with Gasteiger partial charge >= 0.3 is 5.97 Å². The number of allylic oxidation sites excluding steroid dienone is 4. The van der Waals surface area contributed by atoms with Crippen LogP contribution in [0.15, 0.2) is 47.1 Å². The Balaban J connectivity index is 1.73. The number of hydrogen-bond donors (Lipinski definition) is 2. The van der Waals surface area contributed by atoms with E-state index in [1.807, 2.05) is 13.0 Å². The van der Waals surface area contributed by atoms with E-state index < -0.39 is 29.4 Å². The molecule has 2 fully saturated rings. The van der Waals surface area contributed by atoms with Crippen molar-refractivity contribution < 1.29 is 34.0 Å². The lowest BCUT2D eigenvalue weighted by Crippen LogP contribution is -2.55. The third-order valence-corrected chi connectivity index (χ3v) is 9.44. The van der Waals surface area contributed by atoms with E-state index in [0.29, 0.717) is 24.3 Å². The standard InChI is InChI=1S/C33H50O7/c1-7-29-23(4)13-14-32(40-29)18-27-17-26(39-32)12-11-22(3)15-21(2)9-8-10-25(20-34)33(36)19-30(37-6)24(5)16-28(33)31(35)38-27/h8-11,16,21,23,26-30,34,36H,7,12-15,17-20H2,1-6H3/b9-8+,22-11+,25-10+/t21-,23-,26-,27-,28-,29+,30-,32+,33+/m0/s1. The molecule has 0 amide bonds. The molecule has 3 aliphatic heterocycles. The maximum absolute atomic E-state index is 13.9. The second-order valence-corrected chi connectivity index (χ2v) is 12.7. The van der Waals surface area contributed by atoms with Crippen LogP contribution in [0, 0.1) is 17.8 Å². The molecule has 0 aromatic heterocycles. The fourth-order valence-corrected chi connectivity index (χ4v) is 7.03. The number of fused-ring (bicyclic) bond motifs is 3. The number of hydrogen-bond acceptors (Lipinski definition) is 7. The predicted molar refractivity (Wildman–Crippen MR) is 154 cm³/mol. The first kappa shape index (κ1) is 31.2. The van der Waals surface area contributed by atoms with Gasteiger partial charge in [0.2, 0.25) is 0 Å². The van der Waals surface area contributed by atoms with E-state index in [-0.39, 0.29) is 37.3 Å². The topological polar surface area (TPSA) is 94.5 Å². The summed E-state index contributed by atoms with van der Waals surface area (Å²) in [6.45, 7) is 10.2. The Hall–Kier alpha value is -1.77. The third-order valence-electron chi connectivity index (χ3n) is 9.44. The molecule has 1 aliphatic carbocycles. The molecule has 3 heterocycles. The molecule has 7 heteroatoms. The number of carbonyl (C=O) groups is 1. The maximum atomic E-state index is 13.9. The number of aliphatic hydroxyl groups is 2. The van der Waals surface area contributed by atoms with Crippen molar-refractivity contribution in [1.82, 2.24) is 0 Å². The van der Waals surface area contributed by atoms with Crippen LogP contribution in [0.5, 0.6) is 0 Å². The SMILES string of the molecule is CC[C@H]1O[C@]2(CC[C@@H]1C)C[C@@H]1C[C@H](C/C=C(\C)C[C@@H](C)/C=C/C=C(\CO)[C@]3(O)C[C@H](OC)C(C)=C[C@H]3C(=O)O1)O2. The molecule has 7 nitrogen and oxygen atoms in total. The predicted octanol–water partition coefficient (Wildman–Crippen LogP) is 5.56. The molecule has 40 heavy (non-hydrogen) atoms. The van der Waals surface area contributed by atoms with E-state index in [1.165, 1.54) is 5.57 Å². The summed E-state index contributed by atoms with van der Waals surface area (Å²) in [5.41, 5.74) is 0.868. The molecule has 2 saturated heterocycles. The zero-order valence-electron chi connectivity index (χ0n) is 25.2. The fourth-order valence-electron chi connectivity index (χ4n) is 7.03. The highest BCUT2D eigenvalue weighted by molar-refractivity contribution is 5.78. The van der Waals surface area contributed by atoms with Crippen LogP contribution in [-0.4, -0.2) is 65.7 Å². The van der Waals surface area contributed by atoms with Crippen molar-refractivity contribution in [2.45, 2.75) is 122 Å². The quantitative estimate of drug-likeness (QED) is 0.346. The van der Waals surface area contributed by atoms with E-state index >= 15 is 0 Å². The second kappa shape index (κ2) is 13.0. The van der Waals surface area contributed by atoms with E-state index in [2.05, 4.69) is 39.8 Å². The fraction of sp³-hybridized carbons (Fsp3) is 0.727. The van der Waals surface area contributed by atoms with Crippen molar-refractivity contribution >= 4 is 5.97 Å². The first-order chi connectivity index (χ1) is 19.0. The number of rotatable bonds is 3. The lowest BCUT2D eigenvalue weighted by molar-refractivity contribution is -0.335. The van der Waals surface area contributed by atoms with Crippen LogP contribution < -0.4 is 0 Å². The van der Waals surface area contributed by atoms with Gasteiger partial charge in [0.25, 0.3) is 0 Å². The van der Waals surface area contributed by atoms with Gasteiger partial charge in [-0.2, -0.15) is 0 Å². The van der Waals surface area contributed by atoms with Crippen LogP contribution in [0.1, 0.15) is 86.0 Å². The van der Waals surface area contributed by atoms with Crippen molar-refractivity contribution in [3.8, 4) is 0 Å². The number of aliphatic hydroxyl groups excluding tert-OH is 1. The monoisotopic (exact) mass is 558 g/mol. The van der Waals surface area contributed by atoms with Crippen LogP contribution in [0.3, 0.4) is 0 Å². The van der Waals surface area contributed by atoms with E-state index in [4.69, 9.17) is 18.9 Å². The Bertz CT molecular complexity index is 1030. The van der Waals surface area contributed by atoms with Gasteiger partial charge in [-0.25, -0.2) is 0 Å². The molecule has 0 saturated carbocycles. The minimum atomic E-state index is -1.64. The van der Waals surface area contributed by atoms with Crippen LogP contribution in [0.2, 0.25) is 0 Å². The number of esters is 1. The Morgan fingerprint density at radius 3 is 2.62 bits per heavy atom. The smallest absolute Gasteiger partial charge is 0.316 e. The Morgan fingerprint density at radius 2 is 1.93 bits per heavy atom. The summed E-state index contributed by atoms with van der Waals surface area (Å²) in [4.78, 5) is 13.9. The van der Waals surface area contributed by atoms with Crippen molar-refractivity contribution in [2.24, 2.45) is 17.8 Å². The molecular formula is C33H50O7. The molecule has 0 unspecified atom stereocenters. The summed E-state index contributed by atoms with van der Waals surface area (Å²) < 4.78 is 25.2. The first-order valence-corrected chi connectivity index (χ1v) is 15.2. The largest absolute Gasteiger partial charge is 0.462 e.